The van der Waals surface area contributed by atoms with Crippen molar-refractivity contribution in [2.75, 3.05) is 0 Å². The minimum absolute atomic E-state index is 0.152. The highest BCUT2D eigenvalue weighted by Gasteiger charge is 2.22. The molecular weight excluding hydrogens is 293 g/mol. The molecule has 1 aliphatic carbocycles. The number of nitrogens with one attached hydrogen (secondary N) is 1. The van der Waals surface area contributed by atoms with Crippen LogP contribution in [0, 0.1) is 17.1 Å². The number of benzene rings is 1. The fraction of sp³-hybridized carbons (Fsp3) is 0.333. The van der Waals surface area contributed by atoms with E-state index in [9.17, 15) is 14.4 Å². The van der Waals surface area contributed by atoms with Crippen molar-refractivity contribution in [3.63, 3.8) is 0 Å². The second kappa shape index (κ2) is 6.66. The monoisotopic (exact) mass is 311 g/mol. The summed E-state index contributed by atoms with van der Waals surface area (Å²) in [6.45, 7) is 0. The van der Waals surface area contributed by atoms with Gasteiger partial charge in [-0.1, -0.05) is 25.3 Å². The summed E-state index contributed by atoms with van der Waals surface area (Å²) < 4.78 is 15.0. The summed E-state index contributed by atoms with van der Waals surface area (Å²) in [7, 11) is 0. The molecule has 23 heavy (non-hydrogen) atoms. The zero-order valence-corrected chi connectivity index (χ0v) is 12.8. The van der Waals surface area contributed by atoms with Gasteiger partial charge in [0.1, 0.15) is 17.6 Å². The lowest BCUT2D eigenvalue weighted by atomic mass is 9.95. The lowest BCUT2D eigenvalue weighted by Gasteiger charge is -2.23. The summed E-state index contributed by atoms with van der Waals surface area (Å²) in [6, 6.07) is 9.76. The van der Waals surface area contributed by atoms with Crippen LogP contribution in [0.3, 0.4) is 0 Å². The molecule has 0 atom stereocenters. The molecule has 0 unspecified atom stereocenters. The predicted molar refractivity (Wildman–Crippen MR) is 84.8 cm³/mol. The second-order valence-electron chi connectivity index (χ2n) is 5.85. The van der Waals surface area contributed by atoms with Crippen LogP contribution in [-0.4, -0.2) is 16.5 Å². The first kappa shape index (κ1) is 15.3. The van der Waals surface area contributed by atoms with Crippen molar-refractivity contribution in [1.82, 2.24) is 9.88 Å². The van der Waals surface area contributed by atoms with Crippen LogP contribution in [0.5, 0.6) is 0 Å². The maximum absolute atomic E-state index is 13.5. The van der Waals surface area contributed by atoms with Crippen LogP contribution in [0.1, 0.15) is 48.2 Å². The molecule has 1 aromatic heterocycles. The first-order valence-electron chi connectivity index (χ1n) is 7.87. The third kappa shape index (κ3) is 3.26. The van der Waals surface area contributed by atoms with Crippen LogP contribution in [0.2, 0.25) is 0 Å². The van der Waals surface area contributed by atoms with E-state index in [-0.39, 0.29) is 23.5 Å². The zero-order valence-electron chi connectivity index (χ0n) is 12.8. The van der Waals surface area contributed by atoms with E-state index in [1.165, 1.54) is 18.6 Å². The van der Waals surface area contributed by atoms with E-state index in [1.807, 2.05) is 6.07 Å². The first-order valence-corrected chi connectivity index (χ1v) is 7.87. The molecule has 0 radical (unpaired) electrons. The van der Waals surface area contributed by atoms with Gasteiger partial charge in [0.05, 0.1) is 5.56 Å². The number of halogens is 1. The minimum atomic E-state index is -0.381. The van der Waals surface area contributed by atoms with Crippen LogP contribution in [0.4, 0.5) is 4.39 Å². The van der Waals surface area contributed by atoms with Crippen molar-refractivity contribution in [2.45, 2.75) is 38.1 Å². The van der Waals surface area contributed by atoms with Gasteiger partial charge in [-0.3, -0.25) is 4.79 Å². The molecule has 1 aliphatic rings. The molecule has 0 aliphatic heterocycles. The standard InChI is InChI=1S/C18H18FN3O/c19-14-5-4-8-16(11-14)22-10-9-13(12-20)17(22)18(23)21-15-6-2-1-3-7-15/h4-5,8-11,15H,1-3,6-7H2,(H,21,23). The Kier molecular flexibility index (Phi) is 4.42. The summed E-state index contributed by atoms with van der Waals surface area (Å²) in [5.41, 5.74) is 1.09. The molecule has 1 heterocycles. The number of nitriles is 1. The Balaban J connectivity index is 1.92. The van der Waals surface area contributed by atoms with Crippen molar-refractivity contribution in [3.05, 3.63) is 53.6 Å². The third-order valence-electron chi connectivity index (χ3n) is 4.25. The molecule has 118 valence electrons. The zero-order chi connectivity index (χ0) is 16.2. The van der Waals surface area contributed by atoms with Crippen molar-refractivity contribution >= 4 is 5.91 Å². The van der Waals surface area contributed by atoms with Gasteiger partial charge in [-0.15, -0.1) is 0 Å². The Morgan fingerprint density at radius 1 is 1.26 bits per heavy atom. The van der Waals surface area contributed by atoms with E-state index in [4.69, 9.17) is 0 Å². The van der Waals surface area contributed by atoms with Crippen LogP contribution in [0.25, 0.3) is 5.69 Å². The molecule has 1 amide bonds. The summed E-state index contributed by atoms with van der Waals surface area (Å²) >= 11 is 0. The topological polar surface area (TPSA) is 57.8 Å². The Morgan fingerprint density at radius 3 is 2.74 bits per heavy atom. The van der Waals surface area contributed by atoms with Crippen molar-refractivity contribution in [1.29, 1.82) is 5.26 Å². The number of carbonyl (C=O) groups excluding carboxylic acids is 1. The number of nitrogens with zero attached hydrogens (tertiary/aromatic N) is 2. The van der Waals surface area contributed by atoms with Crippen molar-refractivity contribution in [3.8, 4) is 11.8 Å². The maximum atomic E-state index is 13.5. The van der Waals surface area contributed by atoms with E-state index in [0.29, 0.717) is 11.3 Å². The van der Waals surface area contributed by atoms with Gasteiger partial charge >= 0.3 is 0 Å². The molecule has 3 rings (SSSR count). The summed E-state index contributed by atoms with van der Waals surface area (Å²) in [5.74, 6) is -0.656. The van der Waals surface area contributed by atoms with E-state index in [0.717, 1.165) is 25.7 Å². The maximum Gasteiger partial charge on any atom is 0.269 e. The smallest absolute Gasteiger partial charge is 0.269 e. The van der Waals surface area contributed by atoms with E-state index < -0.39 is 0 Å². The first-order chi connectivity index (χ1) is 11.2. The predicted octanol–water partition coefficient (Wildman–Crippen LogP) is 3.55. The van der Waals surface area contributed by atoms with Crippen LogP contribution < -0.4 is 5.32 Å². The van der Waals surface area contributed by atoms with Crippen LogP contribution >= 0.6 is 0 Å². The number of aromatic nitrogens is 1. The number of hydrogen-bond donors (Lipinski definition) is 1. The fourth-order valence-electron chi connectivity index (χ4n) is 3.10. The normalized spacial score (nSPS) is 15.1. The number of rotatable bonds is 3. The lowest BCUT2D eigenvalue weighted by molar-refractivity contribution is 0.0920. The van der Waals surface area contributed by atoms with Gasteiger partial charge in [-0.2, -0.15) is 5.26 Å². The summed E-state index contributed by atoms with van der Waals surface area (Å²) in [6.07, 6.45) is 6.99. The van der Waals surface area contributed by atoms with Crippen LogP contribution in [-0.2, 0) is 0 Å². The van der Waals surface area contributed by atoms with E-state index >= 15 is 0 Å². The van der Waals surface area contributed by atoms with Gasteiger partial charge < -0.3 is 9.88 Å². The fourth-order valence-corrected chi connectivity index (χ4v) is 3.10. The largest absolute Gasteiger partial charge is 0.348 e. The lowest BCUT2D eigenvalue weighted by Crippen LogP contribution is -2.37. The number of carbonyl (C=O) groups is 1. The highest BCUT2D eigenvalue weighted by Crippen LogP contribution is 2.21. The molecule has 1 saturated carbocycles. The van der Waals surface area contributed by atoms with E-state index in [1.54, 1.807) is 29.0 Å². The summed E-state index contributed by atoms with van der Waals surface area (Å²) in [5, 5.41) is 12.3. The van der Waals surface area contributed by atoms with E-state index in [2.05, 4.69) is 5.32 Å². The van der Waals surface area contributed by atoms with Gasteiger partial charge in [-0.25, -0.2) is 4.39 Å². The molecule has 0 spiro atoms. The van der Waals surface area contributed by atoms with Gasteiger partial charge in [0, 0.05) is 17.9 Å². The number of hydrogen-bond acceptors (Lipinski definition) is 2. The van der Waals surface area contributed by atoms with Gasteiger partial charge in [0.15, 0.2) is 0 Å². The Hall–Kier alpha value is -2.61. The average Bonchev–Trinajstić information content (AvgIpc) is 3.00. The van der Waals surface area contributed by atoms with Gasteiger partial charge in [0.2, 0.25) is 0 Å². The molecule has 1 N–H and O–H groups in total. The highest BCUT2D eigenvalue weighted by atomic mass is 19.1. The molecule has 0 saturated heterocycles. The van der Waals surface area contributed by atoms with Crippen LogP contribution in [0.15, 0.2) is 36.5 Å². The molecule has 2 aromatic rings. The van der Waals surface area contributed by atoms with Gasteiger partial charge in [-0.05, 0) is 37.1 Å². The molecule has 5 heteroatoms. The second-order valence-corrected chi connectivity index (χ2v) is 5.85. The third-order valence-corrected chi connectivity index (χ3v) is 4.25. The highest BCUT2D eigenvalue weighted by molar-refractivity contribution is 5.96. The molecule has 1 aromatic carbocycles. The van der Waals surface area contributed by atoms with Gasteiger partial charge in [0.25, 0.3) is 5.91 Å². The molecule has 4 nitrogen and oxygen atoms in total. The molecular formula is C18H18FN3O. The Labute approximate surface area is 134 Å². The minimum Gasteiger partial charge on any atom is -0.348 e. The molecule has 0 bridgehead atoms. The number of amides is 1. The SMILES string of the molecule is N#Cc1ccn(-c2cccc(F)c2)c1C(=O)NC1CCCCC1. The summed E-state index contributed by atoms with van der Waals surface area (Å²) in [4.78, 5) is 12.7. The quantitative estimate of drug-likeness (QED) is 0.942. The Morgan fingerprint density at radius 2 is 2.04 bits per heavy atom. The van der Waals surface area contributed by atoms with Crippen molar-refractivity contribution in [2.24, 2.45) is 0 Å². The average molecular weight is 311 g/mol. The Bertz CT molecular complexity index is 754. The molecule has 1 fully saturated rings. The van der Waals surface area contributed by atoms with Crippen molar-refractivity contribution < 1.29 is 9.18 Å².